The average Bonchev–Trinajstić information content (AvgIpc) is 3.21. The van der Waals surface area contributed by atoms with E-state index in [0.29, 0.717) is 12.5 Å². The number of hydrogen-bond acceptors (Lipinski definition) is 2. The van der Waals surface area contributed by atoms with Crippen molar-refractivity contribution in [1.29, 1.82) is 0 Å². The Morgan fingerprint density at radius 1 is 1.17 bits per heavy atom. The molecule has 0 aliphatic heterocycles. The second-order valence-electron chi connectivity index (χ2n) is 5.55. The highest BCUT2D eigenvalue weighted by atomic mass is 19.2. The average molecular weight is 252 g/mol. The van der Waals surface area contributed by atoms with Crippen molar-refractivity contribution >= 4 is 11.4 Å². The van der Waals surface area contributed by atoms with E-state index in [2.05, 4.69) is 5.32 Å². The van der Waals surface area contributed by atoms with Crippen LogP contribution in [0.4, 0.5) is 20.2 Å². The fourth-order valence-electron chi connectivity index (χ4n) is 2.73. The number of nitrogens with two attached hydrogens (primary N) is 1. The molecule has 2 nitrogen and oxygen atoms in total. The summed E-state index contributed by atoms with van der Waals surface area (Å²) in [5.74, 6) is 0.458. The van der Waals surface area contributed by atoms with Crippen LogP contribution in [0.3, 0.4) is 0 Å². The highest BCUT2D eigenvalue weighted by Crippen LogP contribution is 2.49. The van der Waals surface area contributed by atoms with Crippen LogP contribution >= 0.6 is 0 Å². The molecule has 1 aromatic rings. The summed E-state index contributed by atoms with van der Waals surface area (Å²) < 4.78 is 26.8. The van der Waals surface area contributed by atoms with E-state index >= 15 is 0 Å². The minimum absolute atomic E-state index is 0.126. The summed E-state index contributed by atoms with van der Waals surface area (Å²) in [5, 5.41) is 3.02. The molecule has 2 aliphatic carbocycles. The van der Waals surface area contributed by atoms with E-state index in [1.807, 2.05) is 0 Å². The van der Waals surface area contributed by atoms with Crippen LogP contribution in [0.5, 0.6) is 0 Å². The summed E-state index contributed by atoms with van der Waals surface area (Å²) in [6.07, 6.45) is 5.13. The fraction of sp³-hybridized carbons (Fsp3) is 0.571. The van der Waals surface area contributed by atoms with Gasteiger partial charge in [-0.05, 0) is 55.6 Å². The van der Waals surface area contributed by atoms with Crippen LogP contribution in [0.1, 0.15) is 25.7 Å². The van der Waals surface area contributed by atoms with E-state index in [1.165, 1.54) is 31.7 Å². The zero-order valence-electron chi connectivity index (χ0n) is 10.3. The third-order valence-corrected chi connectivity index (χ3v) is 4.10. The zero-order chi connectivity index (χ0) is 12.7. The maximum Gasteiger partial charge on any atom is 0.183 e. The summed E-state index contributed by atoms with van der Waals surface area (Å²) in [6.45, 7) is 0.708. The normalized spacial score (nSPS) is 19.3. The van der Waals surface area contributed by atoms with E-state index < -0.39 is 11.6 Å². The number of nitrogen functional groups attached to an aromatic ring is 1. The van der Waals surface area contributed by atoms with Crippen molar-refractivity contribution < 1.29 is 8.78 Å². The van der Waals surface area contributed by atoms with Crippen LogP contribution in [0.25, 0.3) is 0 Å². The van der Waals surface area contributed by atoms with Crippen LogP contribution in [-0.4, -0.2) is 6.54 Å². The highest BCUT2D eigenvalue weighted by Gasteiger charge is 2.41. The molecule has 2 aliphatic rings. The van der Waals surface area contributed by atoms with Crippen LogP contribution in [0.2, 0.25) is 0 Å². The van der Waals surface area contributed by atoms with Crippen molar-refractivity contribution in [3.8, 4) is 0 Å². The number of halogens is 2. The molecule has 0 amide bonds. The van der Waals surface area contributed by atoms with Crippen LogP contribution in [0, 0.1) is 29.4 Å². The van der Waals surface area contributed by atoms with Gasteiger partial charge in [-0.1, -0.05) is 0 Å². The second-order valence-corrected chi connectivity index (χ2v) is 5.55. The lowest BCUT2D eigenvalue weighted by Crippen LogP contribution is -2.19. The molecule has 0 aromatic heterocycles. The number of hydrogen-bond donors (Lipinski definition) is 2. The monoisotopic (exact) mass is 252 g/mol. The van der Waals surface area contributed by atoms with Gasteiger partial charge in [0.25, 0.3) is 0 Å². The third kappa shape index (κ3) is 2.28. The summed E-state index contributed by atoms with van der Waals surface area (Å²) in [5.41, 5.74) is 6.09. The Balaban J connectivity index is 1.70. The zero-order valence-corrected chi connectivity index (χ0v) is 10.3. The summed E-state index contributed by atoms with van der Waals surface area (Å²) >= 11 is 0. The molecule has 0 unspecified atom stereocenters. The molecule has 2 fully saturated rings. The molecular weight excluding hydrogens is 234 g/mol. The van der Waals surface area contributed by atoms with E-state index in [-0.39, 0.29) is 11.4 Å². The standard InChI is InChI=1S/C14H18F2N2/c15-11-5-6-12(17)14(13(11)16)18-7-10(8-1-2-8)9-3-4-9/h5-6,8-10,18H,1-4,7,17H2. The number of nitrogens with one attached hydrogen (secondary N) is 1. The quantitative estimate of drug-likeness (QED) is 0.788. The minimum atomic E-state index is -0.861. The minimum Gasteiger partial charge on any atom is -0.397 e. The summed E-state index contributed by atoms with van der Waals surface area (Å²) in [6, 6.07) is 2.47. The fourth-order valence-corrected chi connectivity index (χ4v) is 2.73. The molecule has 2 saturated carbocycles. The van der Waals surface area contributed by atoms with Crippen molar-refractivity contribution in [2.24, 2.45) is 17.8 Å². The topological polar surface area (TPSA) is 38.0 Å². The molecule has 0 heterocycles. The summed E-state index contributed by atoms with van der Waals surface area (Å²) in [7, 11) is 0. The number of anilines is 2. The first-order chi connectivity index (χ1) is 8.66. The Hall–Kier alpha value is -1.32. The van der Waals surface area contributed by atoms with Gasteiger partial charge < -0.3 is 11.1 Å². The van der Waals surface area contributed by atoms with Gasteiger partial charge in [-0.25, -0.2) is 8.78 Å². The highest BCUT2D eigenvalue weighted by molar-refractivity contribution is 5.66. The second kappa shape index (κ2) is 4.41. The van der Waals surface area contributed by atoms with Crippen molar-refractivity contribution in [1.82, 2.24) is 0 Å². The molecule has 98 valence electrons. The molecule has 3 N–H and O–H groups in total. The Labute approximate surface area is 106 Å². The van der Waals surface area contributed by atoms with Crippen molar-refractivity contribution in [2.75, 3.05) is 17.6 Å². The first-order valence-corrected chi connectivity index (χ1v) is 6.64. The van der Waals surface area contributed by atoms with E-state index in [9.17, 15) is 8.78 Å². The largest absolute Gasteiger partial charge is 0.397 e. The Bertz CT molecular complexity index is 441. The number of benzene rings is 1. The van der Waals surface area contributed by atoms with Gasteiger partial charge in [0.2, 0.25) is 0 Å². The maximum absolute atomic E-state index is 13.6. The third-order valence-electron chi connectivity index (χ3n) is 4.10. The van der Waals surface area contributed by atoms with Crippen molar-refractivity contribution in [3.05, 3.63) is 23.8 Å². The van der Waals surface area contributed by atoms with Gasteiger partial charge in [-0.15, -0.1) is 0 Å². The summed E-state index contributed by atoms with van der Waals surface area (Å²) in [4.78, 5) is 0. The van der Waals surface area contributed by atoms with Gasteiger partial charge in [0.1, 0.15) is 0 Å². The molecule has 0 saturated heterocycles. The Kier molecular flexibility index (Phi) is 2.88. The van der Waals surface area contributed by atoms with Gasteiger partial charge in [0.15, 0.2) is 11.6 Å². The van der Waals surface area contributed by atoms with Gasteiger partial charge >= 0.3 is 0 Å². The van der Waals surface area contributed by atoms with Gasteiger partial charge in [0, 0.05) is 6.54 Å². The lowest BCUT2D eigenvalue weighted by Gasteiger charge is -2.18. The lowest BCUT2D eigenvalue weighted by molar-refractivity contribution is 0.426. The molecule has 0 radical (unpaired) electrons. The van der Waals surface area contributed by atoms with E-state index in [4.69, 9.17) is 5.73 Å². The predicted molar refractivity (Wildman–Crippen MR) is 68.2 cm³/mol. The van der Waals surface area contributed by atoms with E-state index in [1.54, 1.807) is 0 Å². The van der Waals surface area contributed by atoms with Gasteiger partial charge in [0.05, 0.1) is 11.4 Å². The molecule has 0 spiro atoms. The molecule has 3 rings (SSSR count). The molecule has 0 bridgehead atoms. The molecule has 18 heavy (non-hydrogen) atoms. The predicted octanol–water partition coefficient (Wildman–Crippen LogP) is 3.40. The molecule has 4 heteroatoms. The SMILES string of the molecule is Nc1ccc(F)c(F)c1NCC(C1CC1)C1CC1. The first-order valence-electron chi connectivity index (χ1n) is 6.64. The van der Waals surface area contributed by atoms with E-state index in [0.717, 1.165) is 17.9 Å². The maximum atomic E-state index is 13.6. The molecular formula is C14H18F2N2. The molecule has 0 atom stereocenters. The van der Waals surface area contributed by atoms with Crippen molar-refractivity contribution in [2.45, 2.75) is 25.7 Å². The van der Waals surface area contributed by atoms with Gasteiger partial charge in [-0.3, -0.25) is 0 Å². The van der Waals surface area contributed by atoms with Crippen LogP contribution in [-0.2, 0) is 0 Å². The molecule has 1 aromatic carbocycles. The Morgan fingerprint density at radius 3 is 2.33 bits per heavy atom. The van der Waals surface area contributed by atoms with Crippen molar-refractivity contribution in [3.63, 3.8) is 0 Å². The van der Waals surface area contributed by atoms with Crippen LogP contribution in [0.15, 0.2) is 12.1 Å². The number of rotatable bonds is 5. The van der Waals surface area contributed by atoms with Gasteiger partial charge in [-0.2, -0.15) is 0 Å². The van der Waals surface area contributed by atoms with Crippen LogP contribution < -0.4 is 11.1 Å². The smallest absolute Gasteiger partial charge is 0.183 e. The lowest BCUT2D eigenvalue weighted by atomic mass is 9.98. The first kappa shape index (κ1) is 11.8. The Morgan fingerprint density at radius 2 is 1.78 bits per heavy atom.